The van der Waals surface area contributed by atoms with E-state index >= 15 is 0 Å². The van der Waals surface area contributed by atoms with Crippen molar-refractivity contribution in [2.75, 3.05) is 39.8 Å². The third-order valence-corrected chi connectivity index (χ3v) is 3.91. The fourth-order valence-corrected chi connectivity index (χ4v) is 2.03. The number of carbonyl (C=O) groups excluding carboxylic acids is 1. The standard InChI is InChI=1S/C11H22N4OS/c1-11(2,10(12)17)15-6-4-14(5-7-15)8-9(16)13-3/h4-8H2,1-3H3,(H2,12,17)(H,13,16). The van der Waals surface area contributed by atoms with Crippen molar-refractivity contribution in [1.29, 1.82) is 0 Å². The number of hydrogen-bond donors (Lipinski definition) is 2. The van der Waals surface area contributed by atoms with E-state index in [1.807, 2.05) is 13.8 Å². The first-order valence-electron chi connectivity index (χ1n) is 5.86. The number of likely N-dealkylation sites (N-methyl/N-ethyl adjacent to an activating group) is 1. The molecule has 1 saturated heterocycles. The van der Waals surface area contributed by atoms with Crippen molar-refractivity contribution in [2.45, 2.75) is 19.4 Å². The third kappa shape index (κ3) is 3.62. The minimum atomic E-state index is -0.242. The van der Waals surface area contributed by atoms with Gasteiger partial charge in [-0.1, -0.05) is 12.2 Å². The summed E-state index contributed by atoms with van der Waals surface area (Å²) in [6.45, 7) is 8.09. The minimum absolute atomic E-state index is 0.0621. The normalized spacial score (nSPS) is 19.0. The number of rotatable bonds is 4. The summed E-state index contributed by atoms with van der Waals surface area (Å²) >= 11 is 5.09. The molecule has 0 radical (unpaired) electrons. The average Bonchev–Trinajstić information content (AvgIpc) is 2.29. The molecular weight excluding hydrogens is 236 g/mol. The third-order valence-electron chi connectivity index (χ3n) is 3.41. The fraction of sp³-hybridized carbons (Fsp3) is 0.818. The molecule has 0 aromatic carbocycles. The van der Waals surface area contributed by atoms with Crippen molar-refractivity contribution in [3.05, 3.63) is 0 Å². The summed E-state index contributed by atoms with van der Waals surface area (Å²) in [5.74, 6) is 0.0621. The van der Waals surface area contributed by atoms with Crippen LogP contribution in [-0.4, -0.2) is 66.0 Å². The summed E-state index contributed by atoms with van der Waals surface area (Å²) in [6.07, 6.45) is 0. The average molecular weight is 258 g/mol. The second-order valence-electron chi connectivity index (χ2n) is 4.86. The number of thiocarbonyl (C=S) groups is 1. The molecule has 0 saturated carbocycles. The molecule has 0 aliphatic carbocycles. The van der Waals surface area contributed by atoms with E-state index in [1.165, 1.54) is 0 Å². The summed E-state index contributed by atoms with van der Waals surface area (Å²) in [4.78, 5) is 16.2. The van der Waals surface area contributed by atoms with Crippen molar-refractivity contribution in [2.24, 2.45) is 5.73 Å². The van der Waals surface area contributed by atoms with Gasteiger partial charge in [-0.3, -0.25) is 14.6 Å². The molecule has 3 N–H and O–H groups in total. The lowest BCUT2D eigenvalue weighted by molar-refractivity contribution is -0.122. The molecule has 0 unspecified atom stereocenters. The van der Waals surface area contributed by atoms with E-state index in [1.54, 1.807) is 7.05 Å². The van der Waals surface area contributed by atoms with Gasteiger partial charge in [0.1, 0.15) is 0 Å². The zero-order chi connectivity index (χ0) is 13.1. The zero-order valence-corrected chi connectivity index (χ0v) is 11.6. The van der Waals surface area contributed by atoms with Crippen LogP contribution in [0.3, 0.4) is 0 Å². The summed E-state index contributed by atoms with van der Waals surface area (Å²) < 4.78 is 0. The molecule has 1 heterocycles. The first kappa shape index (κ1) is 14.3. The predicted octanol–water partition coefficient (Wildman–Crippen LogP) is -0.585. The summed E-state index contributed by atoms with van der Waals surface area (Å²) in [6, 6.07) is 0. The molecule has 1 fully saturated rings. The molecule has 1 aliphatic heterocycles. The summed E-state index contributed by atoms with van der Waals surface area (Å²) in [7, 11) is 1.66. The van der Waals surface area contributed by atoms with E-state index in [0.29, 0.717) is 11.5 Å². The highest BCUT2D eigenvalue weighted by molar-refractivity contribution is 7.80. The van der Waals surface area contributed by atoms with Gasteiger partial charge in [-0.15, -0.1) is 0 Å². The van der Waals surface area contributed by atoms with Gasteiger partial charge >= 0.3 is 0 Å². The Hall–Kier alpha value is -0.720. The minimum Gasteiger partial charge on any atom is -0.392 e. The zero-order valence-electron chi connectivity index (χ0n) is 10.8. The Bertz CT molecular complexity index is 298. The molecule has 6 heteroatoms. The number of hydrogen-bond acceptors (Lipinski definition) is 4. The maximum absolute atomic E-state index is 11.3. The molecule has 1 rings (SSSR count). The van der Waals surface area contributed by atoms with Crippen LogP contribution >= 0.6 is 12.2 Å². The molecule has 0 spiro atoms. The maximum atomic E-state index is 11.3. The number of nitrogens with two attached hydrogens (primary N) is 1. The Morgan fingerprint density at radius 3 is 2.29 bits per heavy atom. The second-order valence-corrected chi connectivity index (χ2v) is 5.30. The largest absolute Gasteiger partial charge is 0.392 e. The summed E-state index contributed by atoms with van der Waals surface area (Å²) in [5, 5.41) is 2.64. The Labute approximate surface area is 108 Å². The van der Waals surface area contributed by atoms with Crippen molar-refractivity contribution in [3.8, 4) is 0 Å². The van der Waals surface area contributed by atoms with Crippen LogP contribution in [0.4, 0.5) is 0 Å². The van der Waals surface area contributed by atoms with Crippen LogP contribution in [-0.2, 0) is 4.79 Å². The molecule has 0 aromatic heterocycles. The van der Waals surface area contributed by atoms with Crippen LogP contribution in [0.15, 0.2) is 0 Å². The Morgan fingerprint density at radius 2 is 1.88 bits per heavy atom. The van der Waals surface area contributed by atoms with Crippen LogP contribution in [0.5, 0.6) is 0 Å². The Morgan fingerprint density at radius 1 is 1.35 bits per heavy atom. The van der Waals surface area contributed by atoms with Crippen molar-refractivity contribution < 1.29 is 4.79 Å². The van der Waals surface area contributed by atoms with Crippen molar-refractivity contribution in [1.82, 2.24) is 15.1 Å². The van der Waals surface area contributed by atoms with E-state index in [-0.39, 0.29) is 11.4 Å². The van der Waals surface area contributed by atoms with Crippen LogP contribution in [0.2, 0.25) is 0 Å². The highest BCUT2D eigenvalue weighted by atomic mass is 32.1. The number of nitrogens with zero attached hydrogens (tertiary/aromatic N) is 2. The van der Waals surface area contributed by atoms with Gasteiger partial charge in [0.2, 0.25) is 5.91 Å². The van der Waals surface area contributed by atoms with Gasteiger partial charge in [0, 0.05) is 33.2 Å². The van der Waals surface area contributed by atoms with E-state index < -0.39 is 0 Å². The van der Waals surface area contributed by atoms with Crippen LogP contribution in [0, 0.1) is 0 Å². The van der Waals surface area contributed by atoms with Gasteiger partial charge in [0.25, 0.3) is 0 Å². The second kappa shape index (κ2) is 5.75. The van der Waals surface area contributed by atoms with Gasteiger partial charge in [-0.2, -0.15) is 0 Å². The number of piperazine rings is 1. The van der Waals surface area contributed by atoms with Crippen LogP contribution in [0.25, 0.3) is 0 Å². The van der Waals surface area contributed by atoms with Crippen LogP contribution < -0.4 is 11.1 Å². The Balaban J connectivity index is 2.46. The number of amides is 1. The molecule has 1 amide bonds. The molecule has 0 bridgehead atoms. The SMILES string of the molecule is CNC(=O)CN1CCN(C(C)(C)C(N)=S)CC1. The first-order chi connectivity index (χ1) is 7.87. The van der Waals surface area contributed by atoms with Gasteiger partial charge in [-0.05, 0) is 13.8 Å². The predicted molar refractivity (Wildman–Crippen MR) is 72.9 cm³/mol. The molecular formula is C11H22N4OS. The molecule has 0 aromatic rings. The molecule has 1 aliphatic rings. The van der Waals surface area contributed by atoms with Gasteiger partial charge in [0.15, 0.2) is 0 Å². The van der Waals surface area contributed by atoms with E-state index in [2.05, 4.69) is 15.1 Å². The molecule has 98 valence electrons. The maximum Gasteiger partial charge on any atom is 0.233 e. The fourth-order valence-electron chi connectivity index (χ4n) is 1.90. The van der Waals surface area contributed by atoms with Gasteiger partial charge in [-0.25, -0.2) is 0 Å². The molecule has 17 heavy (non-hydrogen) atoms. The highest BCUT2D eigenvalue weighted by Crippen LogP contribution is 2.17. The van der Waals surface area contributed by atoms with Gasteiger partial charge < -0.3 is 11.1 Å². The Kier molecular flexibility index (Phi) is 4.85. The van der Waals surface area contributed by atoms with Gasteiger partial charge in [0.05, 0.1) is 17.1 Å². The van der Waals surface area contributed by atoms with E-state index in [9.17, 15) is 4.79 Å². The smallest absolute Gasteiger partial charge is 0.233 e. The molecule has 5 nitrogen and oxygen atoms in total. The lowest BCUT2D eigenvalue weighted by atomic mass is 10.0. The van der Waals surface area contributed by atoms with E-state index in [0.717, 1.165) is 26.2 Å². The topological polar surface area (TPSA) is 61.6 Å². The van der Waals surface area contributed by atoms with Crippen LogP contribution in [0.1, 0.15) is 13.8 Å². The monoisotopic (exact) mass is 258 g/mol. The number of carbonyl (C=O) groups is 1. The lowest BCUT2D eigenvalue weighted by Gasteiger charge is -2.43. The lowest BCUT2D eigenvalue weighted by Crippen LogP contribution is -2.59. The molecule has 0 atom stereocenters. The van der Waals surface area contributed by atoms with E-state index in [4.69, 9.17) is 18.0 Å². The van der Waals surface area contributed by atoms with Crippen molar-refractivity contribution in [3.63, 3.8) is 0 Å². The first-order valence-corrected chi connectivity index (χ1v) is 6.26. The summed E-state index contributed by atoms with van der Waals surface area (Å²) in [5.41, 5.74) is 5.51. The highest BCUT2D eigenvalue weighted by Gasteiger charge is 2.32. The van der Waals surface area contributed by atoms with Crippen molar-refractivity contribution >= 4 is 23.1 Å². The number of nitrogens with one attached hydrogen (secondary N) is 1. The quantitative estimate of drug-likeness (QED) is 0.660.